The summed E-state index contributed by atoms with van der Waals surface area (Å²) in [5.41, 5.74) is 6.67. The fraction of sp³-hybridized carbons (Fsp3) is 0.455. The molecular formula is C11H15F2NO2. The van der Waals surface area contributed by atoms with Crippen molar-refractivity contribution < 1.29 is 19.0 Å². The number of rotatable bonds is 3. The van der Waals surface area contributed by atoms with E-state index in [9.17, 15) is 13.9 Å². The molecule has 0 saturated carbocycles. The number of aliphatic hydroxyl groups is 1. The molecule has 0 spiro atoms. The van der Waals surface area contributed by atoms with Crippen LogP contribution in [0.25, 0.3) is 0 Å². The van der Waals surface area contributed by atoms with Gasteiger partial charge in [0.2, 0.25) is 0 Å². The van der Waals surface area contributed by atoms with E-state index in [2.05, 4.69) is 0 Å². The van der Waals surface area contributed by atoms with Gasteiger partial charge in [0, 0.05) is 0 Å². The van der Waals surface area contributed by atoms with Gasteiger partial charge in [-0.3, -0.25) is 0 Å². The Hall–Kier alpha value is -1.20. The number of phenolic OH excluding ortho intramolecular Hbond substituents is 1. The van der Waals surface area contributed by atoms with E-state index in [4.69, 9.17) is 10.8 Å². The van der Waals surface area contributed by atoms with Crippen LogP contribution in [0.3, 0.4) is 0 Å². The monoisotopic (exact) mass is 231 g/mol. The number of alkyl halides is 2. The Labute approximate surface area is 92.5 Å². The van der Waals surface area contributed by atoms with Gasteiger partial charge in [-0.05, 0) is 42.7 Å². The number of benzene rings is 1. The summed E-state index contributed by atoms with van der Waals surface area (Å²) in [6.07, 6.45) is 0. The van der Waals surface area contributed by atoms with Crippen molar-refractivity contribution in [3.8, 4) is 5.75 Å². The summed E-state index contributed by atoms with van der Waals surface area (Å²) >= 11 is 0. The summed E-state index contributed by atoms with van der Waals surface area (Å²) < 4.78 is 26.5. The molecule has 0 unspecified atom stereocenters. The molecule has 0 bridgehead atoms. The third kappa shape index (κ3) is 2.31. The summed E-state index contributed by atoms with van der Waals surface area (Å²) in [6, 6.07) is 1.17. The summed E-state index contributed by atoms with van der Waals surface area (Å²) in [7, 11) is 0. The second-order valence-corrected chi connectivity index (χ2v) is 3.89. The molecule has 1 aromatic rings. The van der Waals surface area contributed by atoms with Gasteiger partial charge < -0.3 is 15.9 Å². The molecule has 16 heavy (non-hydrogen) atoms. The largest absolute Gasteiger partial charge is 0.508 e. The molecule has 0 amide bonds. The number of hydrogen-bond acceptors (Lipinski definition) is 3. The van der Waals surface area contributed by atoms with Gasteiger partial charge >= 0.3 is 0 Å². The first kappa shape index (κ1) is 12.9. The van der Waals surface area contributed by atoms with Crippen LogP contribution >= 0.6 is 0 Å². The molecule has 0 heterocycles. The molecule has 0 radical (unpaired) electrons. The van der Waals surface area contributed by atoms with Crippen LogP contribution in [0, 0.1) is 13.8 Å². The second-order valence-electron chi connectivity index (χ2n) is 3.89. The predicted octanol–water partition coefficient (Wildman–Crippen LogP) is 1.64. The lowest BCUT2D eigenvalue weighted by atomic mass is 9.92. The Bertz CT molecular complexity index is 371. The molecule has 1 aromatic carbocycles. The van der Waals surface area contributed by atoms with Crippen molar-refractivity contribution in [3.63, 3.8) is 0 Å². The van der Waals surface area contributed by atoms with E-state index >= 15 is 0 Å². The van der Waals surface area contributed by atoms with Crippen LogP contribution in [-0.2, 0) is 0 Å². The number of phenols is 1. The van der Waals surface area contributed by atoms with Gasteiger partial charge in [0.05, 0.1) is 6.04 Å². The van der Waals surface area contributed by atoms with Crippen LogP contribution in [0.4, 0.5) is 8.78 Å². The Balaban J connectivity index is 3.24. The van der Waals surface area contributed by atoms with Gasteiger partial charge in [-0.15, -0.1) is 0 Å². The van der Waals surface area contributed by atoms with Crippen molar-refractivity contribution in [3.05, 3.63) is 28.8 Å². The predicted molar refractivity (Wildman–Crippen MR) is 56.5 cm³/mol. The maximum Gasteiger partial charge on any atom is 0.289 e. The number of aromatic hydroxyl groups is 1. The zero-order valence-electron chi connectivity index (χ0n) is 9.17. The number of aliphatic hydroxyl groups excluding tert-OH is 1. The van der Waals surface area contributed by atoms with E-state index < -0.39 is 18.6 Å². The Morgan fingerprint density at radius 2 is 1.75 bits per heavy atom. The van der Waals surface area contributed by atoms with E-state index in [1.54, 1.807) is 13.8 Å². The molecule has 90 valence electrons. The lowest BCUT2D eigenvalue weighted by Crippen LogP contribution is -2.37. The van der Waals surface area contributed by atoms with Crippen molar-refractivity contribution in [1.82, 2.24) is 0 Å². The van der Waals surface area contributed by atoms with E-state index in [0.29, 0.717) is 11.1 Å². The second kappa shape index (κ2) is 4.35. The van der Waals surface area contributed by atoms with E-state index in [0.717, 1.165) is 0 Å². The molecule has 0 fully saturated rings. The fourth-order valence-corrected chi connectivity index (χ4v) is 1.75. The normalized spacial score (nSPS) is 13.9. The highest BCUT2D eigenvalue weighted by Crippen LogP contribution is 2.34. The number of aryl methyl sites for hydroxylation is 2. The van der Waals surface area contributed by atoms with Crippen LogP contribution in [0.5, 0.6) is 5.75 Å². The van der Waals surface area contributed by atoms with Gasteiger partial charge in [0.15, 0.2) is 0 Å². The van der Waals surface area contributed by atoms with E-state index in [1.165, 1.54) is 12.1 Å². The Morgan fingerprint density at radius 1 is 1.31 bits per heavy atom. The number of halogens is 2. The van der Waals surface area contributed by atoms with Crippen LogP contribution in [0.2, 0.25) is 0 Å². The van der Waals surface area contributed by atoms with Gasteiger partial charge in [-0.25, -0.2) is 8.78 Å². The summed E-state index contributed by atoms with van der Waals surface area (Å²) in [5, 5.41) is 17.9. The van der Waals surface area contributed by atoms with Crippen LogP contribution in [0.1, 0.15) is 22.7 Å². The van der Waals surface area contributed by atoms with Crippen LogP contribution in [0.15, 0.2) is 12.1 Å². The number of hydrogen-bond donors (Lipinski definition) is 3. The number of nitrogens with two attached hydrogens (primary N) is 1. The Morgan fingerprint density at radius 3 is 2.12 bits per heavy atom. The molecular weight excluding hydrogens is 216 g/mol. The highest BCUT2D eigenvalue weighted by Gasteiger charge is 2.38. The molecule has 5 heteroatoms. The maximum absolute atomic E-state index is 13.3. The quantitative estimate of drug-likeness (QED) is 0.740. The molecule has 0 aromatic heterocycles. The smallest absolute Gasteiger partial charge is 0.289 e. The zero-order valence-corrected chi connectivity index (χ0v) is 9.17. The van der Waals surface area contributed by atoms with Gasteiger partial charge in [-0.1, -0.05) is 0 Å². The van der Waals surface area contributed by atoms with Gasteiger partial charge in [-0.2, -0.15) is 0 Å². The van der Waals surface area contributed by atoms with Crippen molar-refractivity contribution in [2.45, 2.75) is 25.8 Å². The highest BCUT2D eigenvalue weighted by molar-refractivity contribution is 5.42. The van der Waals surface area contributed by atoms with Gasteiger partial charge in [0.1, 0.15) is 12.4 Å². The summed E-state index contributed by atoms with van der Waals surface area (Å²) in [5.74, 6) is -3.36. The lowest BCUT2D eigenvalue weighted by molar-refractivity contribution is -0.0714. The minimum absolute atomic E-state index is 0.0123. The third-order valence-corrected chi connectivity index (χ3v) is 2.56. The van der Waals surface area contributed by atoms with Crippen LogP contribution < -0.4 is 5.73 Å². The van der Waals surface area contributed by atoms with Crippen molar-refractivity contribution in [2.75, 3.05) is 6.61 Å². The molecule has 0 aliphatic carbocycles. The molecule has 4 N–H and O–H groups in total. The fourth-order valence-electron chi connectivity index (χ4n) is 1.75. The minimum Gasteiger partial charge on any atom is -0.508 e. The lowest BCUT2D eigenvalue weighted by Gasteiger charge is -2.24. The zero-order chi connectivity index (χ0) is 12.5. The molecule has 1 rings (SSSR count). The summed E-state index contributed by atoms with van der Waals surface area (Å²) in [6.45, 7) is 1.89. The molecule has 0 aliphatic heterocycles. The van der Waals surface area contributed by atoms with E-state index in [1.807, 2.05) is 0 Å². The minimum atomic E-state index is -3.37. The standard InChI is InChI=1S/C11H15F2NO2/c1-6-3-8(16)4-7(2)9(6)10(14)11(12,13)5-15/h3-4,10,15-16H,5,14H2,1-2H3/t10-/m1/s1. The average Bonchev–Trinajstić information content (AvgIpc) is 2.15. The summed E-state index contributed by atoms with van der Waals surface area (Å²) in [4.78, 5) is 0. The average molecular weight is 231 g/mol. The van der Waals surface area contributed by atoms with Gasteiger partial charge in [0.25, 0.3) is 5.92 Å². The molecule has 0 saturated heterocycles. The SMILES string of the molecule is Cc1cc(O)cc(C)c1[C@@H](N)C(F)(F)CO. The van der Waals surface area contributed by atoms with E-state index in [-0.39, 0.29) is 11.3 Å². The maximum atomic E-state index is 13.3. The van der Waals surface area contributed by atoms with Crippen molar-refractivity contribution in [2.24, 2.45) is 5.73 Å². The molecule has 0 aliphatic rings. The Kier molecular flexibility index (Phi) is 3.50. The van der Waals surface area contributed by atoms with Crippen LogP contribution in [-0.4, -0.2) is 22.7 Å². The first-order chi connectivity index (χ1) is 7.29. The first-order valence-corrected chi connectivity index (χ1v) is 4.84. The topological polar surface area (TPSA) is 66.5 Å². The van der Waals surface area contributed by atoms with Crippen molar-refractivity contribution in [1.29, 1.82) is 0 Å². The molecule has 1 atom stereocenters. The first-order valence-electron chi connectivity index (χ1n) is 4.84. The third-order valence-electron chi connectivity index (χ3n) is 2.56. The van der Waals surface area contributed by atoms with Crippen molar-refractivity contribution >= 4 is 0 Å². The molecule has 3 nitrogen and oxygen atoms in total. The highest BCUT2D eigenvalue weighted by atomic mass is 19.3.